The van der Waals surface area contributed by atoms with E-state index in [9.17, 15) is 4.79 Å². The number of amides is 1. The van der Waals surface area contributed by atoms with Gasteiger partial charge in [0.2, 0.25) is 5.91 Å². The summed E-state index contributed by atoms with van der Waals surface area (Å²) in [5.41, 5.74) is 1.06. The van der Waals surface area contributed by atoms with Crippen molar-refractivity contribution < 1.29 is 4.79 Å². The highest BCUT2D eigenvalue weighted by Gasteiger charge is 2.20. The molecule has 3 nitrogen and oxygen atoms in total. The molecule has 21 heavy (non-hydrogen) atoms. The Hall–Kier alpha value is -1.61. The van der Waals surface area contributed by atoms with E-state index >= 15 is 0 Å². The molecule has 0 bridgehead atoms. The van der Waals surface area contributed by atoms with Crippen LogP contribution in [0.4, 0.5) is 0 Å². The van der Waals surface area contributed by atoms with Crippen molar-refractivity contribution in [2.45, 2.75) is 32.7 Å². The standard InChI is InChI=1S/C18H26N2O/c1-15(2)13-20(14-17-9-6-12-19-17)18(21)11-10-16-7-4-3-5-8-16/h3-5,7-8,10-11,15,17,19H,6,9,12-14H2,1-2H3/b11-10+. The van der Waals surface area contributed by atoms with Gasteiger partial charge in [0.15, 0.2) is 0 Å². The number of benzene rings is 1. The summed E-state index contributed by atoms with van der Waals surface area (Å²) in [4.78, 5) is 14.4. The molecular weight excluding hydrogens is 260 g/mol. The zero-order chi connectivity index (χ0) is 15.1. The monoisotopic (exact) mass is 286 g/mol. The van der Waals surface area contributed by atoms with Gasteiger partial charge in [-0.3, -0.25) is 4.79 Å². The van der Waals surface area contributed by atoms with Gasteiger partial charge in [0.1, 0.15) is 0 Å². The second kappa shape index (κ2) is 7.99. The smallest absolute Gasteiger partial charge is 0.246 e. The van der Waals surface area contributed by atoms with Crippen molar-refractivity contribution in [1.29, 1.82) is 0 Å². The van der Waals surface area contributed by atoms with Crippen molar-refractivity contribution in [3.05, 3.63) is 42.0 Å². The van der Waals surface area contributed by atoms with Crippen molar-refractivity contribution in [2.75, 3.05) is 19.6 Å². The molecular formula is C18H26N2O. The summed E-state index contributed by atoms with van der Waals surface area (Å²) in [6, 6.07) is 10.4. The highest BCUT2D eigenvalue weighted by molar-refractivity contribution is 5.91. The van der Waals surface area contributed by atoms with Gasteiger partial charge < -0.3 is 10.2 Å². The highest BCUT2D eigenvalue weighted by atomic mass is 16.2. The van der Waals surface area contributed by atoms with Crippen LogP contribution in [0.1, 0.15) is 32.3 Å². The molecule has 1 aromatic carbocycles. The normalized spacial score (nSPS) is 18.5. The molecule has 1 fully saturated rings. The van der Waals surface area contributed by atoms with Crippen LogP contribution >= 0.6 is 0 Å². The molecule has 114 valence electrons. The fraction of sp³-hybridized carbons (Fsp3) is 0.500. The van der Waals surface area contributed by atoms with Crippen LogP contribution in [0.2, 0.25) is 0 Å². The van der Waals surface area contributed by atoms with E-state index in [0.717, 1.165) is 25.2 Å². The Bertz CT molecular complexity index is 461. The largest absolute Gasteiger partial charge is 0.337 e. The van der Waals surface area contributed by atoms with Gasteiger partial charge in [-0.15, -0.1) is 0 Å². The molecule has 3 heteroatoms. The lowest BCUT2D eigenvalue weighted by Gasteiger charge is -2.26. The molecule has 1 aromatic rings. The fourth-order valence-corrected chi connectivity index (χ4v) is 2.71. The van der Waals surface area contributed by atoms with Gasteiger partial charge in [-0.05, 0) is 36.9 Å². The van der Waals surface area contributed by atoms with Crippen LogP contribution in [0, 0.1) is 5.92 Å². The maximum atomic E-state index is 12.5. The predicted molar refractivity (Wildman–Crippen MR) is 87.9 cm³/mol. The molecule has 1 atom stereocenters. The number of nitrogens with zero attached hydrogens (tertiary/aromatic N) is 1. The molecule has 1 aliphatic rings. The first-order valence-electron chi connectivity index (χ1n) is 7.90. The summed E-state index contributed by atoms with van der Waals surface area (Å²) in [7, 11) is 0. The molecule has 0 aliphatic carbocycles. The molecule has 1 saturated heterocycles. The van der Waals surface area contributed by atoms with Crippen LogP contribution in [0.25, 0.3) is 6.08 Å². The molecule has 1 unspecified atom stereocenters. The van der Waals surface area contributed by atoms with E-state index in [0.29, 0.717) is 12.0 Å². The third-order valence-electron chi connectivity index (χ3n) is 3.72. The van der Waals surface area contributed by atoms with Gasteiger partial charge in [0.25, 0.3) is 0 Å². The summed E-state index contributed by atoms with van der Waals surface area (Å²) >= 11 is 0. The van der Waals surface area contributed by atoms with Gasteiger partial charge in [-0.1, -0.05) is 44.2 Å². The number of carbonyl (C=O) groups is 1. The van der Waals surface area contributed by atoms with Crippen LogP contribution in [0.3, 0.4) is 0 Å². The first-order chi connectivity index (χ1) is 10.1. The molecule has 1 heterocycles. The van der Waals surface area contributed by atoms with E-state index < -0.39 is 0 Å². The zero-order valence-corrected chi connectivity index (χ0v) is 13.1. The number of hydrogen-bond acceptors (Lipinski definition) is 2. The lowest BCUT2D eigenvalue weighted by Crippen LogP contribution is -2.42. The molecule has 0 aromatic heterocycles. The predicted octanol–water partition coefficient (Wildman–Crippen LogP) is 2.94. The van der Waals surface area contributed by atoms with Crippen molar-refractivity contribution in [1.82, 2.24) is 10.2 Å². The van der Waals surface area contributed by atoms with E-state index in [2.05, 4.69) is 19.2 Å². The molecule has 0 spiro atoms. The van der Waals surface area contributed by atoms with Crippen LogP contribution < -0.4 is 5.32 Å². The van der Waals surface area contributed by atoms with Gasteiger partial charge in [0, 0.05) is 25.2 Å². The topological polar surface area (TPSA) is 32.3 Å². The quantitative estimate of drug-likeness (QED) is 0.816. The molecule has 1 N–H and O–H groups in total. The van der Waals surface area contributed by atoms with E-state index in [1.54, 1.807) is 6.08 Å². The van der Waals surface area contributed by atoms with E-state index in [1.807, 2.05) is 41.3 Å². The van der Waals surface area contributed by atoms with Crippen LogP contribution in [-0.4, -0.2) is 36.5 Å². The summed E-state index contributed by atoms with van der Waals surface area (Å²) in [6.07, 6.45) is 5.99. The maximum Gasteiger partial charge on any atom is 0.246 e. The zero-order valence-electron chi connectivity index (χ0n) is 13.1. The molecule has 0 saturated carbocycles. The maximum absolute atomic E-state index is 12.5. The number of carbonyl (C=O) groups excluding carboxylic acids is 1. The lowest BCUT2D eigenvalue weighted by molar-refractivity contribution is -0.126. The average molecular weight is 286 g/mol. The summed E-state index contributed by atoms with van der Waals surface area (Å²) in [5, 5.41) is 3.47. The van der Waals surface area contributed by atoms with Crippen molar-refractivity contribution in [3.8, 4) is 0 Å². The second-order valence-corrected chi connectivity index (χ2v) is 6.17. The summed E-state index contributed by atoms with van der Waals surface area (Å²) in [6.45, 7) is 7.02. The molecule has 2 rings (SSSR count). The first kappa shape index (κ1) is 15.8. The van der Waals surface area contributed by atoms with Gasteiger partial charge >= 0.3 is 0 Å². The number of nitrogens with one attached hydrogen (secondary N) is 1. The summed E-state index contributed by atoms with van der Waals surface area (Å²) < 4.78 is 0. The molecule has 0 radical (unpaired) electrons. The Balaban J connectivity index is 1.97. The Morgan fingerprint density at radius 3 is 2.76 bits per heavy atom. The third kappa shape index (κ3) is 5.35. The Kier molecular flexibility index (Phi) is 6.00. The minimum absolute atomic E-state index is 0.112. The Morgan fingerprint density at radius 1 is 1.38 bits per heavy atom. The average Bonchev–Trinajstić information content (AvgIpc) is 2.98. The van der Waals surface area contributed by atoms with Crippen LogP contribution in [-0.2, 0) is 4.79 Å². The van der Waals surface area contributed by atoms with Gasteiger partial charge in [0.05, 0.1) is 0 Å². The fourth-order valence-electron chi connectivity index (χ4n) is 2.71. The third-order valence-corrected chi connectivity index (χ3v) is 3.72. The second-order valence-electron chi connectivity index (χ2n) is 6.17. The van der Waals surface area contributed by atoms with E-state index in [4.69, 9.17) is 0 Å². The highest BCUT2D eigenvalue weighted by Crippen LogP contribution is 2.10. The molecule has 1 aliphatic heterocycles. The minimum atomic E-state index is 0.112. The molecule has 1 amide bonds. The minimum Gasteiger partial charge on any atom is -0.337 e. The number of hydrogen-bond donors (Lipinski definition) is 1. The van der Waals surface area contributed by atoms with E-state index in [1.165, 1.54) is 12.8 Å². The van der Waals surface area contributed by atoms with Crippen molar-refractivity contribution in [2.24, 2.45) is 5.92 Å². The van der Waals surface area contributed by atoms with Crippen molar-refractivity contribution in [3.63, 3.8) is 0 Å². The van der Waals surface area contributed by atoms with Gasteiger partial charge in [-0.25, -0.2) is 0 Å². The van der Waals surface area contributed by atoms with Crippen molar-refractivity contribution >= 4 is 12.0 Å². The van der Waals surface area contributed by atoms with E-state index in [-0.39, 0.29) is 5.91 Å². The Morgan fingerprint density at radius 2 is 2.14 bits per heavy atom. The first-order valence-corrected chi connectivity index (χ1v) is 7.90. The number of rotatable bonds is 6. The SMILES string of the molecule is CC(C)CN(CC1CCCN1)C(=O)/C=C/c1ccccc1. The van der Waals surface area contributed by atoms with Crippen LogP contribution in [0.5, 0.6) is 0 Å². The van der Waals surface area contributed by atoms with Crippen LogP contribution in [0.15, 0.2) is 36.4 Å². The lowest BCUT2D eigenvalue weighted by atomic mass is 10.1. The van der Waals surface area contributed by atoms with Gasteiger partial charge in [-0.2, -0.15) is 0 Å². The summed E-state index contributed by atoms with van der Waals surface area (Å²) in [5.74, 6) is 0.599. The Labute approximate surface area is 128 Å².